The third-order valence-electron chi connectivity index (χ3n) is 10.4. The van der Waals surface area contributed by atoms with Crippen LogP contribution in [0.4, 0.5) is 20.7 Å². The minimum absolute atomic E-state index is 0. The Morgan fingerprint density at radius 1 is 0.642 bits per heavy atom. The molecule has 0 aliphatic rings. The number of anilines is 2. The third-order valence-corrected chi connectivity index (χ3v) is 12.7. The Morgan fingerprint density at radius 2 is 0.925 bits per heavy atom. The van der Waals surface area contributed by atoms with Gasteiger partial charge in [-0.05, 0) is 86.1 Å². The van der Waals surface area contributed by atoms with E-state index in [9.17, 15) is 65.8 Å². The molecule has 4 aromatic rings. The van der Waals surface area contributed by atoms with Crippen molar-refractivity contribution in [1.82, 2.24) is 19.9 Å². The summed E-state index contributed by atoms with van der Waals surface area (Å²) < 4.78 is 77.4. The van der Waals surface area contributed by atoms with Crippen LogP contribution >= 0.6 is 0 Å². The molecule has 2 atom stereocenters. The zero-order valence-electron chi connectivity index (χ0n) is 38.3. The van der Waals surface area contributed by atoms with Gasteiger partial charge in [-0.3, -0.25) is 0 Å². The van der Waals surface area contributed by atoms with Gasteiger partial charge in [-0.15, -0.1) is 13.2 Å². The molecule has 4 N–H and O–H groups in total. The number of aliphatic hydroxyl groups is 4. The molecule has 0 radical (unpaired) electrons. The van der Waals surface area contributed by atoms with Gasteiger partial charge in [-0.2, -0.15) is 0 Å². The molecule has 360 valence electrons. The number of carboxylic acid groups (broad SMARTS) is 2. The number of aliphatic carboxylic acids is 2. The summed E-state index contributed by atoms with van der Waals surface area (Å²) in [6.07, 6.45) is 5.19. The molecule has 23 heteroatoms. The average molecular weight is 1000 g/mol. The van der Waals surface area contributed by atoms with E-state index >= 15 is 0 Å². The van der Waals surface area contributed by atoms with Crippen molar-refractivity contribution in [3.8, 4) is 22.5 Å². The molecule has 0 spiro atoms. The van der Waals surface area contributed by atoms with Crippen molar-refractivity contribution in [3.63, 3.8) is 0 Å². The zero-order valence-corrected chi connectivity index (χ0v) is 42.2. The Kier molecular flexibility index (Phi) is 20.7. The number of carbonyl (C=O) groups excluding carboxylic acids is 2. The van der Waals surface area contributed by atoms with Crippen LogP contribution in [0, 0.1) is 11.6 Å². The van der Waals surface area contributed by atoms with Gasteiger partial charge in [0.25, 0.3) is 0 Å². The maximum Gasteiger partial charge on any atom is 2.00 e. The van der Waals surface area contributed by atoms with Crippen LogP contribution in [-0.2, 0) is 29.6 Å². The number of halogens is 2. The Bertz CT molecular complexity index is 2460. The topological polar surface area (TPSA) is 287 Å². The molecule has 2 heterocycles. The number of carbonyl (C=O) groups is 2. The van der Waals surface area contributed by atoms with Crippen LogP contribution in [0.15, 0.2) is 73.8 Å². The normalized spacial score (nSPS) is 12.9. The number of rotatable bonds is 20. The first-order valence-electron chi connectivity index (χ1n) is 20.2. The molecule has 67 heavy (non-hydrogen) atoms. The Balaban J connectivity index is 0.000000453. The summed E-state index contributed by atoms with van der Waals surface area (Å²) in [5, 5.41) is 65.3. The first-order chi connectivity index (χ1) is 30.4. The van der Waals surface area contributed by atoms with E-state index in [0.29, 0.717) is 11.1 Å². The first kappa shape index (κ1) is 58.6. The van der Waals surface area contributed by atoms with Gasteiger partial charge >= 0.3 is 37.7 Å². The summed E-state index contributed by atoms with van der Waals surface area (Å²) in [5.74, 6) is -16.1. The molecule has 0 aliphatic carbocycles. The minimum atomic E-state index is -3.76. The molecule has 2 aromatic heterocycles. The smallest absolute Gasteiger partial charge is 0.544 e. The molecule has 0 saturated carbocycles. The number of hydrogen-bond donors (Lipinski definition) is 4. The Hall–Kier alpha value is -4.52. The molecule has 0 unspecified atom stereocenters. The summed E-state index contributed by atoms with van der Waals surface area (Å²) in [4.78, 5) is 40.7. The largest absolute Gasteiger partial charge is 2.00 e. The molecule has 0 fully saturated rings. The monoisotopic (exact) mass is 1000 g/mol. The molecule has 2 aromatic carbocycles. The second-order valence-electron chi connectivity index (χ2n) is 16.0. The zero-order chi connectivity index (χ0) is 50.3. The first-order valence-corrected chi connectivity index (χ1v) is 23.9. The van der Waals surface area contributed by atoms with Gasteiger partial charge in [-0.25, -0.2) is 54.2 Å². The summed E-state index contributed by atoms with van der Waals surface area (Å²) in [5.41, 5.74) is 1.27. The van der Waals surface area contributed by atoms with Gasteiger partial charge in [0.05, 0.1) is 35.3 Å². The summed E-state index contributed by atoms with van der Waals surface area (Å²) in [7, 11) is -5.02. The van der Waals surface area contributed by atoms with E-state index < -0.39 is 78.9 Å². The van der Waals surface area contributed by atoms with Crippen molar-refractivity contribution >= 4 is 81.6 Å². The van der Waals surface area contributed by atoms with Gasteiger partial charge in [0.2, 0.25) is 43.5 Å². The van der Waals surface area contributed by atoms with Gasteiger partial charge in [-0.1, -0.05) is 39.8 Å². The predicted molar refractivity (Wildman–Crippen MR) is 244 cm³/mol. The molecule has 18 nitrogen and oxygen atoms in total. The number of allylic oxidation sites excluding steroid dienone is 2. The summed E-state index contributed by atoms with van der Waals surface area (Å²) in [6, 6.07) is 10.1. The number of sulfonamides is 2. The van der Waals surface area contributed by atoms with Crippen LogP contribution in [0.5, 0.6) is 0 Å². The van der Waals surface area contributed by atoms with Crippen molar-refractivity contribution < 1.29 is 65.8 Å². The fourth-order valence-corrected chi connectivity index (χ4v) is 7.45. The molecule has 0 saturated heterocycles. The van der Waals surface area contributed by atoms with E-state index in [4.69, 9.17) is 0 Å². The molecule has 4 rings (SSSR count). The van der Waals surface area contributed by atoms with Crippen molar-refractivity contribution in [2.45, 2.75) is 88.6 Å². The maximum atomic E-state index is 13.6. The van der Waals surface area contributed by atoms with Crippen LogP contribution in [0.1, 0.15) is 99.6 Å². The second kappa shape index (κ2) is 23.7. The van der Waals surface area contributed by atoms with Crippen LogP contribution in [0.2, 0.25) is 0 Å². The SMILES string of the molecule is C=CCC[C@H](c1c(-c2ccc(F)cc2)nc(N(C)S(C)(=O)=O)nc1C(C)C)C(O)(O)C(=O)[O-].C=CCC[C@H](c1c(-c2ccc(F)cc2)nc(N(C)S(C)(=O)=O)nc1C(C)C)C(O)(O)C(=O)[O-].[Ca+2]. The number of carboxylic acids is 2. The van der Waals surface area contributed by atoms with E-state index in [2.05, 4.69) is 33.1 Å². The van der Waals surface area contributed by atoms with E-state index in [1.165, 1.54) is 50.5 Å². The number of benzene rings is 2. The Morgan fingerprint density at radius 3 is 1.15 bits per heavy atom. The minimum Gasteiger partial charge on any atom is -0.544 e. The molecule has 0 aliphatic heterocycles. The van der Waals surface area contributed by atoms with Gasteiger partial charge < -0.3 is 40.2 Å². The van der Waals surface area contributed by atoms with E-state index in [0.717, 1.165) is 45.4 Å². The van der Waals surface area contributed by atoms with Crippen molar-refractivity contribution in [2.24, 2.45) is 0 Å². The fourth-order valence-electron chi connectivity index (χ4n) is 6.70. The van der Waals surface area contributed by atoms with E-state index in [1.807, 2.05) is 0 Å². The number of hydrogen-bond acceptors (Lipinski definition) is 16. The number of nitrogens with zero attached hydrogens (tertiary/aromatic N) is 6. The van der Waals surface area contributed by atoms with E-state index in [1.54, 1.807) is 27.7 Å². The van der Waals surface area contributed by atoms with Crippen LogP contribution < -0.4 is 18.8 Å². The molecular formula is C44H54CaF2N6O12S2. The average Bonchev–Trinajstić information content (AvgIpc) is 3.23. The van der Waals surface area contributed by atoms with Gasteiger partial charge in [0.1, 0.15) is 23.6 Å². The van der Waals surface area contributed by atoms with Gasteiger partial charge in [0, 0.05) is 48.2 Å². The van der Waals surface area contributed by atoms with Crippen molar-refractivity contribution in [3.05, 3.63) is 108 Å². The van der Waals surface area contributed by atoms with Crippen LogP contribution in [0.3, 0.4) is 0 Å². The predicted octanol–water partition coefficient (Wildman–Crippen LogP) is 2.18. The quantitative estimate of drug-likeness (QED) is 0.0561. The standard InChI is InChI=1S/2C22H28FN3O6S.Ca/c2*1-6-7-8-16(22(29,30)20(27)28)17-18(13(2)3)24-21(26(4)33(5,31)32)25-19(17)14-9-11-15(23)12-10-14;/h2*6,9-13,16,29-30H,1,7-8H2,2-5H3,(H,27,28);/q;;+2/p-2/t2*16-;/m11./s1. The molecular weight excluding hydrogens is 947 g/mol. The summed E-state index contributed by atoms with van der Waals surface area (Å²) in [6.45, 7) is 14.1. The third kappa shape index (κ3) is 14.3. The van der Waals surface area contributed by atoms with Crippen molar-refractivity contribution in [2.75, 3.05) is 35.2 Å². The van der Waals surface area contributed by atoms with E-state index in [-0.39, 0.29) is 109 Å². The molecule has 0 amide bonds. The van der Waals surface area contributed by atoms with Crippen LogP contribution in [-0.4, -0.2) is 145 Å². The number of aromatic nitrogens is 4. The fraction of sp³-hybridized carbons (Fsp3) is 0.409. The maximum absolute atomic E-state index is 13.6. The van der Waals surface area contributed by atoms with Gasteiger partial charge in [0.15, 0.2) is 0 Å². The van der Waals surface area contributed by atoms with Crippen LogP contribution in [0.25, 0.3) is 22.5 Å². The van der Waals surface area contributed by atoms with Crippen molar-refractivity contribution in [1.29, 1.82) is 0 Å². The second-order valence-corrected chi connectivity index (χ2v) is 20.0. The Labute approximate surface area is 418 Å². The molecule has 0 bridgehead atoms. The summed E-state index contributed by atoms with van der Waals surface area (Å²) >= 11 is 0.